The highest BCUT2D eigenvalue weighted by Crippen LogP contribution is 2.27. The van der Waals surface area contributed by atoms with E-state index in [-0.39, 0.29) is 12.6 Å². The van der Waals surface area contributed by atoms with Crippen LogP contribution in [0.15, 0.2) is 71.9 Å². The zero-order valence-corrected chi connectivity index (χ0v) is 14.0. The van der Waals surface area contributed by atoms with Crippen LogP contribution in [0.1, 0.15) is 24.1 Å². The van der Waals surface area contributed by atoms with Crippen molar-refractivity contribution >= 4 is 12.0 Å². The van der Waals surface area contributed by atoms with Crippen molar-refractivity contribution in [3.8, 4) is 0 Å². The number of esters is 1. The smallest absolute Gasteiger partial charge is 0.338 e. The molecule has 0 bridgehead atoms. The molecule has 0 spiro atoms. The lowest BCUT2D eigenvalue weighted by Crippen LogP contribution is -2.45. The third-order valence-corrected chi connectivity index (χ3v) is 4.09. The van der Waals surface area contributed by atoms with Crippen molar-refractivity contribution in [2.24, 2.45) is 0 Å². The van der Waals surface area contributed by atoms with E-state index in [0.717, 1.165) is 11.1 Å². The van der Waals surface area contributed by atoms with Gasteiger partial charge in [-0.15, -0.1) is 0 Å². The molecule has 0 saturated carbocycles. The summed E-state index contributed by atoms with van der Waals surface area (Å²) in [5.41, 5.74) is 2.89. The van der Waals surface area contributed by atoms with Gasteiger partial charge in [-0.05, 0) is 18.1 Å². The second-order valence-corrected chi connectivity index (χ2v) is 5.85. The summed E-state index contributed by atoms with van der Waals surface area (Å²) in [5, 5.41) is 5.44. The fourth-order valence-corrected chi connectivity index (χ4v) is 2.84. The fraction of sp³-hybridized carbons (Fsp3) is 0.200. The molecule has 0 aromatic heterocycles. The maximum Gasteiger partial charge on any atom is 0.338 e. The van der Waals surface area contributed by atoms with Crippen molar-refractivity contribution in [3.05, 3.63) is 83.1 Å². The van der Waals surface area contributed by atoms with Gasteiger partial charge in [-0.1, -0.05) is 60.7 Å². The molecule has 128 valence electrons. The van der Waals surface area contributed by atoms with Crippen LogP contribution in [0, 0.1) is 0 Å². The van der Waals surface area contributed by atoms with Crippen LogP contribution in [0.25, 0.3) is 0 Å². The Morgan fingerprint density at radius 3 is 2.36 bits per heavy atom. The summed E-state index contributed by atoms with van der Waals surface area (Å²) in [6, 6.07) is 18.4. The third-order valence-electron chi connectivity index (χ3n) is 4.09. The van der Waals surface area contributed by atoms with E-state index < -0.39 is 12.0 Å². The molecule has 25 heavy (non-hydrogen) atoms. The van der Waals surface area contributed by atoms with Gasteiger partial charge in [0.25, 0.3) is 0 Å². The molecule has 0 unspecified atom stereocenters. The highest BCUT2D eigenvalue weighted by molar-refractivity contribution is 5.95. The first kappa shape index (κ1) is 16.8. The standard InChI is InChI=1S/C20H20N2O3/c1-14-17(19(23)25-13-12-15-8-4-2-5-9-15)18(22-20(24)21-14)16-10-6-3-7-11-16/h2-11,18H,12-13H2,1H3,(H2,21,22,24)/t18-/m0/s1. The van der Waals surface area contributed by atoms with E-state index in [1.807, 2.05) is 60.7 Å². The average Bonchev–Trinajstić information content (AvgIpc) is 2.62. The molecule has 0 aliphatic carbocycles. The van der Waals surface area contributed by atoms with E-state index in [9.17, 15) is 9.59 Å². The minimum atomic E-state index is -0.515. The molecule has 1 atom stereocenters. The maximum atomic E-state index is 12.6. The average molecular weight is 336 g/mol. The number of amides is 2. The summed E-state index contributed by atoms with van der Waals surface area (Å²) < 4.78 is 5.45. The summed E-state index contributed by atoms with van der Waals surface area (Å²) >= 11 is 0. The number of urea groups is 1. The van der Waals surface area contributed by atoms with Gasteiger partial charge in [-0.3, -0.25) is 0 Å². The lowest BCUT2D eigenvalue weighted by atomic mass is 9.96. The molecule has 2 aromatic carbocycles. The highest BCUT2D eigenvalue weighted by Gasteiger charge is 2.31. The molecule has 1 aliphatic heterocycles. The van der Waals surface area contributed by atoms with Gasteiger partial charge in [0.2, 0.25) is 0 Å². The Morgan fingerprint density at radius 2 is 1.68 bits per heavy atom. The van der Waals surface area contributed by atoms with Crippen molar-refractivity contribution < 1.29 is 14.3 Å². The number of rotatable bonds is 5. The number of ether oxygens (including phenoxy) is 1. The van der Waals surface area contributed by atoms with E-state index in [1.54, 1.807) is 6.92 Å². The van der Waals surface area contributed by atoms with E-state index >= 15 is 0 Å². The molecule has 0 radical (unpaired) electrons. The number of carbonyl (C=O) groups is 2. The normalized spacial score (nSPS) is 16.8. The Bertz CT molecular complexity index is 785. The molecule has 5 heteroatoms. The lowest BCUT2D eigenvalue weighted by molar-refractivity contribution is -0.139. The second kappa shape index (κ2) is 7.66. The minimum absolute atomic E-state index is 0.287. The van der Waals surface area contributed by atoms with E-state index in [4.69, 9.17) is 4.74 Å². The summed E-state index contributed by atoms with van der Waals surface area (Å²) in [7, 11) is 0. The van der Waals surface area contributed by atoms with Gasteiger partial charge in [0.1, 0.15) is 0 Å². The first-order valence-corrected chi connectivity index (χ1v) is 8.19. The molecule has 1 heterocycles. The van der Waals surface area contributed by atoms with Crippen molar-refractivity contribution in [1.82, 2.24) is 10.6 Å². The summed E-state index contributed by atoms with van der Waals surface area (Å²) in [6.45, 7) is 2.00. The van der Waals surface area contributed by atoms with Gasteiger partial charge in [0.15, 0.2) is 0 Å². The first-order valence-electron chi connectivity index (χ1n) is 8.19. The van der Waals surface area contributed by atoms with Crippen molar-refractivity contribution in [2.75, 3.05) is 6.61 Å². The molecule has 5 nitrogen and oxygen atoms in total. The Labute approximate surface area is 146 Å². The zero-order valence-electron chi connectivity index (χ0n) is 14.0. The van der Waals surface area contributed by atoms with Crippen LogP contribution in [0.2, 0.25) is 0 Å². The number of allylic oxidation sites excluding steroid dienone is 1. The molecule has 2 amide bonds. The van der Waals surface area contributed by atoms with E-state index in [0.29, 0.717) is 17.7 Å². The summed E-state index contributed by atoms with van der Waals surface area (Å²) in [6.07, 6.45) is 0.648. The largest absolute Gasteiger partial charge is 0.462 e. The molecule has 1 aliphatic rings. The topological polar surface area (TPSA) is 67.4 Å². The Balaban J connectivity index is 1.73. The third kappa shape index (κ3) is 4.07. The molecule has 2 aromatic rings. The van der Waals surface area contributed by atoms with Crippen molar-refractivity contribution in [1.29, 1.82) is 0 Å². The lowest BCUT2D eigenvalue weighted by Gasteiger charge is -2.28. The molecule has 0 saturated heterocycles. The van der Waals surface area contributed by atoms with Gasteiger partial charge >= 0.3 is 12.0 Å². The van der Waals surface area contributed by atoms with Crippen molar-refractivity contribution in [2.45, 2.75) is 19.4 Å². The number of carbonyl (C=O) groups excluding carboxylic acids is 2. The highest BCUT2D eigenvalue weighted by atomic mass is 16.5. The van der Waals surface area contributed by atoms with Gasteiger partial charge in [0.05, 0.1) is 18.2 Å². The predicted octanol–water partition coefficient (Wildman–Crippen LogP) is 3.10. The van der Waals surface area contributed by atoms with Crippen LogP contribution in [0.3, 0.4) is 0 Å². The molecule has 2 N–H and O–H groups in total. The molecule has 0 fully saturated rings. The van der Waals surface area contributed by atoms with Crippen molar-refractivity contribution in [3.63, 3.8) is 0 Å². The fourth-order valence-electron chi connectivity index (χ4n) is 2.84. The predicted molar refractivity (Wildman–Crippen MR) is 94.7 cm³/mol. The molecular weight excluding hydrogens is 316 g/mol. The monoisotopic (exact) mass is 336 g/mol. The first-order chi connectivity index (χ1) is 12.1. The number of hydrogen-bond acceptors (Lipinski definition) is 3. The van der Waals surface area contributed by atoms with Gasteiger partial charge in [0, 0.05) is 12.1 Å². The van der Waals surface area contributed by atoms with Gasteiger partial charge in [-0.2, -0.15) is 0 Å². The van der Waals surface area contributed by atoms with Crippen LogP contribution < -0.4 is 10.6 Å². The number of hydrogen-bond donors (Lipinski definition) is 2. The van der Waals surface area contributed by atoms with Crippen LogP contribution in [-0.2, 0) is 16.0 Å². The van der Waals surface area contributed by atoms with Gasteiger partial charge in [-0.25, -0.2) is 9.59 Å². The van der Waals surface area contributed by atoms with E-state index in [1.165, 1.54) is 0 Å². The van der Waals surface area contributed by atoms with Crippen LogP contribution in [-0.4, -0.2) is 18.6 Å². The minimum Gasteiger partial charge on any atom is -0.462 e. The van der Waals surface area contributed by atoms with E-state index in [2.05, 4.69) is 10.6 Å². The summed E-state index contributed by atoms with van der Waals surface area (Å²) in [4.78, 5) is 24.4. The van der Waals surface area contributed by atoms with Gasteiger partial charge < -0.3 is 15.4 Å². The Kier molecular flexibility index (Phi) is 5.14. The SMILES string of the molecule is CC1=C(C(=O)OCCc2ccccc2)[C@H](c2ccccc2)NC(=O)N1. The quantitative estimate of drug-likeness (QED) is 0.825. The zero-order chi connectivity index (χ0) is 17.6. The Hall–Kier alpha value is -3.08. The van der Waals surface area contributed by atoms with Crippen LogP contribution >= 0.6 is 0 Å². The Morgan fingerprint density at radius 1 is 1.04 bits per heavy atom. The van der Waals surface area contributed by atoms with Crippen LogP contribution in [0.5, 0.6) is 0 Å². The second-order valence-electron chi connectivity index (χ2n) is 5.85. The maximum absolute atomic E-state index is 12.6. The molecular formula is C20H20N2O3. The van der Waals surface area contributed by atoms with Crippen LogP contribution in [0.4, 0.5) is 4.79 Å². The molecule has 3 rings (SSSR count). The summed E-state index contributed by atoms with van der Waals surface area (Å²) in [5.74, 6) is -0.421. The number of benzene rings is 2. The number of nitrogens with one attached hydrogen (secondary N) is 2.